The number of aryl methyl sites for hydroxylation is 1. The largest absolute Gasteiger partial charge is 0.349 e. The van der Waals surface area contributed by atoms with Crippen LogP contribution in [0.4, 0.5) is 0 Å². The summed E-state index contributed by atoms with van der Waals surface area (Å²) in [5, 5.41) is 6.63. The SMILES string of the molecule is C[C@@H]1CNCCN1CCC(=O)NC1CCCc2ccccc21.Cl. The standard InChI is InChI=1S/C18H27N3O.ClH/c1-14-13-19-10-12-21(14)11-9-18(22)20-17-8-4-6-15-5-2-3-7-16(15)17;/h2-3,5,7,14,17,19H,4,6,8-13H2,1H3,(H,20,22);1H/t14-,17?;/m1./s1. The molecule has 2 aliphatic rings. The number of carbonyl (C=O) groups excluding carboxylic acids is 1. The molecule has 1 fully saturated rings. The summed E-state index contributed by atoms with van der Waals surface area (Å²) in [6, 6.07) is 9.25. The van der Waals surface area contributed by atoms with Crippen molar-refractivity contribution in [1.82, 2.24) is 15.5 Å². The van der Waals surface area contributed by atoms with Crippen molar-refractivity contribution < 1.29 is 4.79 Å². The lowest BCUT2D eigenvalue weighted by Gasteiger charge is -2.34. The van der Waals surface area contributed by atoms with Gasteiger partial charge < -0.3 is 10.6 Å². The van der Waals surface area contributed by atoms with Crippen LogP contribution in [0.3, 0.4) is 0 Å². The first-order valence-corrected chi connectivity index (χ1v) is 8.56. The van der Waals surface area contributed by atoms with Crippen LogP contribution in [0.2, 0.25) is 0 Å². The number of fused-ring (bicyclic) bond motifs is 1. The third kappa shape index (κ3) is 4.69. The van der Waals surface area contributed by atoms with Crippen LogP contribution < -0.4 is 10.6 Å². The van der Waals surface area contributed by atoms with Gasteiger partial charge in [-0.15, -0.1) is 12.4 Å². The van der Waals surface area contributed by atoms with E-state index in [4.69, 9.17) is 0 Å². The minimum Gasteiger partial charge on any atom is -0.349 e. The minimum atomic E-state index is 0. The second-order valence-corrected chi connectivity index (χ2v) is 6.55. The number of piperazine rings is 1. The maximum absolute atomic E-state index is 12.3. The summed E-state index contributed by atoms with van der Waals surface area (Å²) < 4.78 is 0. The molecule has 1 aliphatic carbocycles. The molecule has 1 amide bonds. The van der Waals surface area contributed by atoms with E-state index in [1.165, 1.54) is 11.1 Å². The van der Waals surface area contributed by atoms with Crippen LogP contribution in [-0.2, 0) is 11.2 Å². The van der Waals surface area contributed by atoms with E-state index in [1.807, 2.05) is 0 Å². The van der Waals surface area contributed by atoms with Gasteiger partial charge in [-0.2, -0.15) is 0 Å². The molecular formula is C18H28ClN3O. The van der Waals surface area contributed by atoms with E-state index in [-0.39, 0.29) is 24.4 Å². The fraction of sp³-hybridized carbons (Fsp3) is 0.611. The fourth-order valence-electron chi connectivity index (χ4n) is 3.63. The molecule has 1 heterocycles. The predicted octanol–water partition coefficient (Wildman–Crippen LogP) is 2.29. The van der Waals surface area contributed by atoms with Gasteiger partial charge in [0.05, 0.1) is 6.04 Å². The zero-order chi connectivity index (χ0) is 15.4. The van der Waals surface area contributed by atoms with E-state index in [2.05, 4.69) is 46.7 Å². The number of halogens is 1. The van der Waals surface area contributed by atoms with Gasteiger partial charge in [0.15, 0.2) is 0 Å². The molecule has 2 N–H and O–H groups in total. The van der Waals surface area contributed by atoms with E-state index >= 15 is 0 Å². The highest BCUT2D eigenvalue weighted by Crippen LogP contribution is 2.29. The average Bonchev–Trinajstić information content (AvgIpc) is 2.54. The Morgan fingerprint density at radius 1 is 1.39 bits per heavy atom. The number of nitrogens with zero attached hydrogens (tertiary/aromatic N) is 1. The summed E-state index contributed by atoms with van der Waals surface area (Å²) >= 11 is 0. The Kier molecular flexibility index (Phi) is 6.88. The van der Waals surface area contributed by atoms with Gasteiger partial charge in [0.2, 0.25) is 5.91 Å². The van der Waals surface area contributed by atoms with E-state index < -0.39 is 0 Å². The van der Waals surface area contributed by atoms with Crippen molar-refractivity contribution in [2.75, 3.05) is 26.2 Å². The van der Waals surface area contributed by atoms with Crippen LogP contribution in [-0.4, -0.2) is 43.0 Å². The van der Waals surface area contributed by atoms with Crippen molar-refractivity contribution in [2.45, 2.75) is 44.7 Å². The zero-order valence-electron chi connectivity index (χ0n) is 13.9. The lowest BCUT2D eigenvalue weighted by molar-refractivity contribution is -0.122. The first-order chi connectivity index (χ1) is 10.7. The van der Waals surface area contributed by atoms with Crippen molar-refractivity contribution in [3.63, 3.8) is 0 Å². The lowest BCUT2D eigenvalue weighted by atomic mass is 9.87. The number of benzene rings is 1. The maximum Gasteiger partial charge on any atom is 0.221 e. The highest BCUT2D eigenvalue weighted by molar-refractivity contribution is 5.85. The van der Waals surface area contributed by atoms with Crippen molar-refractivity contribution in [3.8, 4) is 0 Å². The number of carbonyl (C=O) groups is 1. The molecule has 1 unspecified atom stereocenters. The summed E-state index contributed by atoms with van der Waals surface area (Å²) in [5.74, 6) is 0.187. The number of hydrogen-bond acceptors (Lipinski definition) is 3. The summed E-state index contributed by atoms with van der Waals surface area (Å²) in [5.41, 5.74) is 2.72. The van der Waals surface area contributed by atoms with Crippen LogP contribution in [0.25, 0.3) is 0 Å². The monoisotopic (exact) mass is 337 g/mol. The highest BCUT2D eigenvalue weighted by Gasteiger charge is 2.22. The Hall–Kier alpha value is -1.10. The molecule has 2 atom stereocenters. The molecule has 1 aromatic rings. The van der Waals surface area contributed by atoms with E-state index in [9.17, 15) is 4.79 Å². The van der Waals surface area contributed by atoms with Gasteiger partial charge in [-0.3, -0.25) is 9.69 Å². The molecule has 0 radical (unpaired) electrons. The van der Waals surface area contributed by atoms with Crippen molar-refractivity contribution >= 4 is 18.3 Å². The van der Waals surface area contributed by atoms with Crippen molar-refractivity contribution in [1.29, 1.82) is 0 Å². The van der Waals surface area contributed by atoms with Crippen LogP contribution in [0.15, 0.2) is 24.3 Å². The van der Waals surface area contributed by atoms with Gasteiger partial charge in [0, 0.05) is 38.6 Å². The van der Waals surface area contributed by atoms with E-state index in [1.54, 1.807) is 0 Å². The normalized spacial score (nSPS) is 24.4. The average molecular weight is 338 g/mol. The summed E-state index contributed by atoms with van der Waals surface area (Å²) in [6.07, 6.45) is 3.97. The van der Waals surface area contributed by atoms with Gasteiger partial charge in [-0.25, -0.2) is 0 Å². The lowest BCUT2D eigenvalue weighted by Crippen LogP contribution is -2.50. The van der Waals surface area contributed by atoms with Crippen molar-refractivity contribution in [2.24, 2.45) is 0 Å². The molecule has 0 saturated carbocycles. The molecule has 5 heteroatoms. The molecule has 23 heavy (non-hydrogen) atoms. The Morgan fingerprint density at radius 2 is 2.22 bits per heavy atom. The van der Waals surface area contributed by atoms with E-state index in [0.29, 0.717) is 12.5 Å². The second kappa shape index (κ2) is 8.67. The van der Waals surface area contributed by atoms with E-state index in [0.717, 1.165) is 45.4 Å². The highest BCUT2D eigenvalue weighted by atomic mass is 35.5. The second-order valence-electron chi connectivity index (χ2n) is 6.55. The summed E-state index contributed by atoms with van der Waals surface area (Å²) in [4.78, 5) is 14.7. The third-order valence-electron chi connectivity index (χ3n) is 4.97. The Morgan fingerprint density at radius 3 is 3.04 bits per heavy atom. The first kappa shape index (κ1) is 18.2. The van der Waals surface area contributed by atoms with Crippen molar-refractivity contribution in [3.05, 3.63) is 35.4 Å². The molecule has 3 rings (SSSR count). The molecule has 0 spiro atoms. The van der Waals surface area contributed by atoms with Crippen LogP contribution in [0, 0.1) is 0 Å². The number of rotatable bonds is 4. The number of nitrogens with one attached hydrogen (secondary N) is 2. The molecule has 1 aromatic carbocycles. The zero-order valence-corrected chi connectivity index (χ0v) is 14.7. The number of hydrogen-bond donors (Lipinski definition) is 2. The molecule has 0 bridgehead atoms. The Labute approximate surface area is 145 Å². The molecule has 128 valence electrons. The molecular weight excluding hydrogens is 310 g/mol. The Balaban J connectivity index is 0.00000192. The number of amides is 1. The maximum atomic E-state index is 12.3. The molecule has 4 nitrogen and oxygen atoms in total. The van der Waals surface area contributed by atoms with Crippen LogP contribution >= 0.6 is 12.4 Å². The summed E-state index contributed by atoms with van der Waals surface area (Å²) in [7, 11) is 0. The van der Waals surface area contributed by atoms with Crippen LogP contribution in [0.1, 0.15) is 43.4 Å². The Bertz CT molecular complexity index is 523. The predicted molar refractivity (Wildman–Crippen MR) is 96.0 cm³/mol. The van der Waals surface area contributed by atoms with Gasteiger partial charge in [-0.05, 0) is 37.3 Å². The molecule has 1 aliphatic heterocycles. The van der Waals surface area contributed by atoms with Gasteiger partial charge >= 0.3 is 0 Å². The van der Waals surface area contributed by atoms with Gasteiger partial charge in [0.1, 0.15) is 0 Å². The third-order valence-corrected chi connectivity index (χ3v) is 4.97. The fourth-order valence-corrected chi connectivity index (χ4v) is 3.63. The molecule has 0 aromatic heterocycles. The minimum absolute atomic E-state index is 0. The quantitative estimate of drug-likeness (QED) is 0.886. The first-order valence-electron chi connectivity index (χ1n) is 8.56. The van der Waals surface area contributed by atoms with Crippen LogP contribution in [0.5, 0.6) is 0 Å². The topological polar surface area (TPSA) is 44.4 Å². The molecule has 1 saturated heterocycles. The summed E-state index contributed by atoms with van der Waals surface area (Å²) in [6.45, 7) is 6.19. The smallest absolute Gasteiger partial charge is 0.221 e. The van der Waals surface area contributed by atoms with Gasteiger partial charge in [0.25, 0.3) is 0 Å². The van der Waals surface area contributed by atoms with Gasteiger partial charge in [-0.1, -0.05) is 24.3 Å².